The third-order valence-corrected chi connectivity index (χ3v) is 3.15. The Hall–Kier alpha value is -1.07. The van der Waals surface area contributed by atoms with Gasteiger partial charge in [-0.2, -0.15) is 0 Å². The maximum atomic E-state index is 8.56. The summed E-state index contributed by atoms with van der Waals surface area (Å²) in [5.74, 6) is 0.180. The van der Waals surface area contributed by atoms with Crippen LogP contribution in [-0.4, -0.2) is 17.1 Å². The molecule has 0 amide bonds. The highest BCUT2D eigenvalue weighted by atomic mass is 79.9. The number of halogens is 1. The lowest BCUT2D eigenvalue weighted by atomic mass is 10.1. The molecule has 0 fully saturated rings. The standard InChI is InChI=1S/C11H16BrN3O/c1-7(14-8(2)11(13)15-16)9-5-3-4-6-10(9)12/h3-8,14,16H,1-2H3,(H2,13,15)/t7-,8?/m0/s1. The molecule has 16 heavy (non-hydrogen) atoms. The van der Waals surface area contributed by atoms with Gasteiger partial charge in [0.2, 0.25) is 0 Å². The van der Waals surface area contributed by atoms with Crippen molar-refractivity contribution in [1.29, 1.82) is 0 Å². The monoisotopic (exact) mass is 285 g/mol. The van der Waals surface area contributed by atoms with Gasteiger partial charge in [0.25, 0.3) is 0 Å². The average Bonchev–Trinajstić information content (AvgIpc) is 2.28. The van der Waals surface area contributed by atoms with E-state index in [9.17, 15) is 0 Å². The first-order valence-corrected chi connectivity index (χ1v) is 5.83. The Morgan fingerprint density at radius 3 is 2.62 bits per heavy atom. The van der Waals surface area contributed by atoms with Crippen molar-refractivity contribution in [3.05, 3.63) is 34.3 Å². The molecule has 0 aromatic heterocycles. The van der Waals surface area contributed by atoms with Crippen LogP contribution in [-0.2, 0) is 0 Å². The maximum Gasteiger partial charge on any atom is 0.156 e. The molecule has 5 heteroatoms. The van der Waals surface area contributed by atoms with E-state index in [1.54, 1.807) is 0 Å². The Balaban J connectivity index is 2.73. The average molecular weight is 286 g/mol. The van der Waals surface area contributed by atoms with Gasteiger partial charge >= 0.3 is 0 Å². The topological polar surface area (TPSA) is 70.6 Å². The van der Waals surface area contributed by atoms with E-state index in [4.69, 9.17) is 10.9 Å². The van der Waals surface area contributed by atoms with E-state index in [0.29, 0.717) is 0 Å². The van der Waals surface area contributed by atoms with Crippen LogP contribution in [0, 0.1) is 0 Å². The number of nitrogens with one attached hydrogen (secondary N) is 1. The minimum absolute atomic E-state index is 0.117. The number of amidine groups is 1. The van der Waals surface area contributed by atoms with E-state index in [-0.39, 0.29) is 17.9 Å². The Kier molecular flexibility index (Phi) is 4.76. The van der Waals surface area contributed by atoms with E-state index >= 15 is 0 Å². The molecule has 1 aromatic rings. The molecule has 0 heterocycles. The Morgan fingerprint density at radius 1 is 1.44 bits per heavy atom. The zero-order valence-electron chi connectivity index (χ0n) is 9.31. The molecule has 1 unspecified atom stereocenters. The first-order valence-electron chi connectivity index (χ1n) is 5.04. The molecule has 0 saturated carbocycles. The predicted octanol–water partition coefficient (Wildman–Crippen LogP) is 2.23. The van der Waals surface area contributed by atoms with Gasteiger partial charge in [0.1, 0.15) is 0 Å². The van der Waals surface area contributed by atoms with E-state index in [1.807, 2.05) is 38.1 Å². The van der Waals surface area contributed by atoms with Gasteiger partial charge in [0.15, 0.2) is 5.84 Å². The molecule has 1 rings (SSSR count). The van der Waals surface area contributed by atoms with Crippen LogP contribution in [0.5, 0.6) is 0 Å². The fourth-order valence-corrected chi connectivity index (χ4v) is 2.09. The van der Waals surface area contributed by atoms with Crippen LogP contribution < -0.4 is 11.1 Å². The molecular formula is C11H16BrN3O. The van der Waals surface area contributed by atoms with Crippen LogP contribution >= 0.6 is 15.9 Å². The maximum absolute atomic E-state index is 8.56. The molecule has 0 radical (unpaired) electrons. The van der Waals surface area contributed by atoms with Crippen molar-refractivity contribution in [3.8, 4) is 0 Å². The smallest absolute Gasteiger partial charge is 0.156 e. The number of oxime groups is 1. The van der Waals surface area contributed by atoms with E-state index < -0.39 is 0 Å². The lowest BCUT2D eigenvalue weighted by Gasteiger charge is -2.20. The zero-order valence-corrected chi connectivity index (χ0v) is 10.9. The quantitative estimate of drug-likeness (QED) is 0.344. The first-order chi connectivity index (χ1) is 7.56. The number of rotatable bonds is 4. The van der Waals surface area contributed by atoms with Gasteiger partial charge in [-0.05, 0) is 25.5 Å². The van der Waals surface area contributed by atoms with Gasteiger partial charge in [0.05, 0.1) is 6.04 Å². The van der Waals surface area contributed by atoms with E-state index in [0.717, 1.165) is 10.0 Å². The predicted molar refractivity (Wildman–Crippen MR) is 68.6 cm³/mol. The number of nitrogens with two attached hydrogens (primary N) is 1. The molecule has 4 nitrogen and oxygen atoms in total. The summed E-state index contributed by atoms with van der Waals surface area (Å²) in [7, 11) is 0. The molecule has 0 saturated heterocycles. The molecule has 1 aromatic carbocycles. The minimum Gasteiger partial charge on any atom is -0.409 e. The summed E-state index contributed by atoms with van der Waals surface area (Å²) in [6, 6.07) is 7.90. The van der Waals surface area contributed by atoms with Crippen LogP contribution in [0.3, 0.4) is 0 Å². The second-order valence-electron chi connectivity index (χ2n) is 3.66. The largest absolute Gasteiger partial charge is 0.409 e. The lowest BCUT2D eigenvalue weighted by molar-refractivity contribution is 0.314. The van der Waals surface area contributed by atoms with E-state index in [2.05, 4.69) is 26.4 Å². The summed E-state index contributed by atoms with van der Waals surface area (Å²) >= 11 is 3.49. The van der Waals surface area contributed by atoms with Crippen LogP contribution in [0.2, 0.25) is 0 Å². The summed E-state index contributed by atoms with van der Waals surface area (Å²) in [6.07, 6.45) is 0. The molecule has 0 aliphatic rings. The highest BCUT2D eigenvalue weighted by molar-refractivity contribution is 9.10. The molecule has 0 aliphatic heterocycles. The van der Waals surface area contributed by atoms with Gasteiger partial charge in [-0.3, -0.25) is 0 Å². The zero-order chi connectivity index (χ0) is 12.1. The van der Waals surface area contributed by atoms with Crippen LogP contribution in [0.25, 0.3) is 0 Å². The fraction of sp³-hybridized carbons (Fsp3) is 0.364. The van der Waals surface area contributed by atoms with Crippen molar-refractivity contribution >= 4 is 21.8 Å². The van der Waals surface area contributed by atoms with Crippen LogP contribution in [0.1, 0.15) is 25.5 Å². The summed E-state index contributed by atoms with van der Waals surface area (Å²) in [4.78, 5) is 0. The molecule has 0 spiro atoms. The minimum atomic E-state index is -0.174. The summed E-state index contributed by atoms with van der Waals surface area (Å²) in [6.45, 7) is 3.88. The summed E-state index contributed by atoms with van der Waals surface area (Å²) in [5.41, 5.74) is 6.65. The Bertz CT molecular complexity index is 381. The molecule has 88 valence electrons. The van der Waals surface area contributed by atoms with Gasteiger partial charge < -0.3 is 16.3 Å². The molecular weight excluding hydrogens is 270 g/mol. The molecule has 0 aliphatic carbocycles. The van der Waals surface area contributed by atoms with Crippen molar-refractivity contribution in [1.82, 2.24) is 5.32 Å². The Morgan fingerprint density at radius 2 is 2.06 bits per heavy atom. The molecule has 4 N–H and O–H groups in total. The van der Waals surface area contributed by atoms with Crippen molar-refractivity contribution in [2.75, 3.05) is 0 Å². The Labute approximate surface area is 104 Å². The third-order valence-electron chi connectivity index (χ3n) is 2.43. The van der Waals surface area contributed by atoms with Crippen LogP contribution in [0.4, 0.5) is 0 Å². The van der Waals surface area contributed by atoms with Crippen LogP contribution in [0.15, 0.2) is 33.9 Å². The van der Waals surface area contributed by atoms with Crippen molar-refractivity contribution < 1.29 is 5.21 Å². The second-order valence-corrected chi connectivity index (χ2v) is 4.51. The number of nitrogens with zero attached hydrogens (tertiary/aromatic N) is 1. The van der Waals surface area contributed by atoms with Gasteiger partial charge in [-0.25, -0.2) is 0 Å². The van der Waals surface area contributed by atoms with E-state index in [1.165, 1.54) is 0 Å². The van der Waals surface area contributed by atoms with Gasteiger partial charge in [-0.15, -0.1) is 0 Å². The second kappa shape index (κ2) is 5.86. The van der Waals surface area contributed by atoms with Crippen molar-refractivity contribution in [2.45, 2.75) is 25.9 Å². The highest BCUT2D eigenvalue weighted by Crippen LogP contribution is 2.22. The van der Waals surface area contributed by atoms with Crippen molar-refractivity contribution in [3.63, 3.8) is 0 Å². The van der Waals surface area contributed by atoms with Gasteiger partial charge in [-0.1, -0.05) is 39.3 Å². The highest BCUT2D eigenvalue weighted by Gasteiger charge is 2.14. The lowest BCUT2D eigenvalue weighted by Crippen LogP contribution is -2.40. The third kappa shape index (κ3) is 3.21. The fourth-order valence-electron chi connectivity index (χ4n) is 1.46. The molecule has 0 bridgehead atoms. The molecule has 2 atom stereocenters. The normalized spacial score (nSPS) is 15.8. The first kappa shape index (κ1) is 13.0. The number of benzene rings is 1. The summed E-state index contributed by atoms with van der Waals surface area (Å²) < 4.78 is 1.04. The SMILES string of the molecule is CC(N[C@@H](C)c1ccccc1Br)/C(N)=N/O. The number of hydrogen-bond donors (Lipinski definition) is 3. The van der Waals surface area contributed by atoms with Gasteiger partial charge in [0, 0.05) is 10.5 Å². The summed E-state index contributed by atoms with van der Waals surface area (Å²) in [5, 5.41) is 14.8. The van der Waals surface area contributed by atoms with Crippen molar-refractivity contribution in [2.24, 2.45) is 10.9 Å². The number of hydrogen-bond acceptors (Lipinski definition) is 3.